The van der Waals surface area contributed by atoms with E-state index in [1.165, 1.54) is 9.13 Å². The average Bonchev–Trinajstić information content (AvgIpc) is 2.83. The van der Waals surface area contributed by atoms with Crippen LogP contribution in [-0.2, 0) is 13.6 Å². The summed E-state index contributed by atoms with van der Waals surface area (Å²) in [6.07, 6.45) is 1.55. The lowest BCUT2D eigenvalue weighted by Gasteiger charge is -2.10. The first-order chi connectivity index (χ1) is 9.65. The van der Waals surface area contributed by atoms with Crippen molar-refractivity contribution in [2.75, 3.05) is 0 Å². The second kappa shape index (κ2) is 4.48. The van der Waals surface area contributed by atoms with Gasteiger partial charge in [0, 0.05) is 13.6 Å². The zero-order chi connectivity index (χ0) is 14.3. The van der Waals surface area contributed by atoms with Gasteiger partial charge in [0.15, 0.2) is 11.2 Å². The molecule has 1 aromatic carbocycles. The number of benzene rings is 1. The minimum atomic E-state index is -0.366. The van der Waals surface area contributed by atoms with Gasteiger partial charge in [-0.1, -0.05) is 18.2 Å². The topological polar surface area (TPSA) is 61.8 Å². The van der Waals surface area contributed by atoms with E-state index < -0.39 is 0 Å². The Morgan fingerprint density at radius 2 is 1.85 bits per heavy atom. The summed E-state index contributed by atoms with van der Waals surface area (Å²) in [6.45, 7) is 2.10. The highest BCUT2D eigenvalue weighted by Crippen LogP contribution is 2.11. The molecule has 2 heterocycles. The maximum Gasteiger partial charge on any atom is 0.337 e. The highest BCUT2D eigenvalue weighted by molar-refractivity contribution is 5.72. The number of imidazole rings is 1. The fourth-order valence-electron chi connectivity index (χ4n) is 2.34. The van der Waals surface area contributed by atoms with Crippen molar-refractivity contribution < 1.29 is 0 Å². The number of aromatic nitrogens is 4. The van der Waals surface area contributed by atoms with E-state index in [0.29, 0.717) is 23.4 Å². The molecule has 20 heavy (non-hydrogen) atoms. The lowest BCUT2D eigenvalue weighted by molar-refractivity contribution is 0.657. The third kappa shape index (κ3) is 1.61. The van der Waals surface area contributed by atoms with Gasteiger partial charge in [-0.2, -0.15) is 0 Å². The minimum Gasteiger partial charge on any atom is -0.328 e. The molecule has 3 rings (SSSR count). The third-order valence-corrected chi connectivity index (χ3v) is 3.33. The molecule has 0 aliphatic rings. The van der Waals surface area contributed by atoms with Crippen molar-refractivity contribution >= 4 is 11.2 Å². The number of nitrogens with zero attached hydrogens (tertiary/aromatic N) is 4. The SMILES string of the molecule is CCn1c(=O)c2c(ncn2C)n(-c2ccccc2)c1=O. The van der Waals surface area contributed by atoms with Crippen molar-refractivity contribution in [2.24, 2.45) is 7.05 Å². The lowest BCUT2D eigenvalue weighted by Crippen LogP contribution is -2.39. The van der Waals surface area contributed by atoms with Crippen molar-refractivity contribution in [1.29, 1.82) is 0 Å². The van der Waals surface area contributed by atoms with Gasteiger partial charge in [-0.05, 0) is 19.1 Å². The minimum absolute atomic E-state index is 0.306. The summed E-state index contributed by atoms with van der Waals surface area (Å²) >= 11 is 0. The van der Waals surface area contributed by atoms with E-state index in [1.54, 1.807) is 24.9 Å². The Kier molecular flexibility index (Phi) is 2.78. The number of rotatable bonds is 2. The third-order valence-electron chi connectivity index (χ3n) is 3.33. The van der Waals surface area contributed by atoms with Crippen molar-refractivity contribution in [3.63, 3.8) is 0 Å². The van der Waals surface area contributed by atoms with Gasteiger partial charge in [-0.25, -0.2) is 14.3 Å². The molecule has 6 nitrogen and oxygen atoms in total. The first-order valence-electron chi connectivity index (χ1n) is 6.37. The van der Waals surface area contributed by atoms with E-state index in [-0.39, 0.29) is 11.2 Å². The summed E-state index contributed by atoms with van der Waals surface area (Å²) in [7, 11) is 1.75. The molecule has 0 atom stereocenters. The Morgan fingerprint density at radius 1 is 1.15 bits per heavy atom. The van der Waals surface area contributed by atoms with Crippen LogP contribution in [0, 0.1) is 0 Å². The molecule has 0 bridgehead atoms. The van der Waals surface area contributed by atoms with Crippen molar-refractivity contribution in [2.45, 2.75) is 13.5 Å². The Labute approximate surface area is 114 Å². The fraction of sp³-hybridized carbons (Fsp3) is 0.214. The van der Waals surface area contributed by atoms with Crippen LogP contribution in [0.15, 0.2) is 46.2 Å². The van der Waals surface area contributed by atoms with Crippen LogP contribution < -0.4 is 11.2 Å². The largest absolute Gasteiger partial charge is 0.337 e. The standard InChI is InChI=1S/C14H14N4O2/c1-3-17-13(19)11-12(15-9-16(11)2)18(14(17)20)10-7-5-4-6-8-10/h4-9H,3H2,1-2H3. The number of aryl methyl sites for hydroxylation is 1. The maximum absolute atomic E-state index is 12.5. The van der Waals surface area contributed by atoms with E-state index in [0.717, 1.165) is 0 Å². The highest BCUT2D eigenvalue weighted by atomic mass is 16.2. The van der Waals surface area contributed by atoms with Crippen LogP contribution >= 0.6 is 0 Å². The van der Waals surface area contributed by atoms with Gasteiger partial charge in [-0.15, -0.1) is 0 Å². The molecule has 0 saturated heterocycles. The average molecular weight is 270 g/mol. The molecule has 0 radical (unpaired) electrons. The molecule has 0 saturated carbocycles. The zero-order valence-electron chi connectivity index (χ0n) is 11.3. The highest BCUT2D eigenvalue weighted by Gasteiger charge is 2.16. The normalized spacial score (nSPS) is 11.1. The van der Waals surface area contributed by atoms with Gasteiger partial charge < -0.3 is 4.57 Å². The number of fused-ring (bicyclic) bond motifs is 1. The van der Waals surface area contributed by atoms with Gasteiger partial charge in [0.1, 0.15) is 0 Å². The van der Waals surface area contributed by atoms with Gasteiger partial charge in [0.25, 0.3) is 5.56 Å². The summed E-state index contributed by atoms with van der Waals surface area (Å²) < 4.78 is 4.33. The molecular formula is C14H14N4O2. The van der Waals surface area contributed by atoms with E-state index in [9.17, 15) is 9.59 Å². The molecule has 2 aromatic heterocycles. The number of hydrogen-bond acceptors (Lipinski definition) is 3. The van der Waals surface area contributed by atoms with Gasteiger partial charge >= 0.3 is 5.69 Å². The monoisotopic (exact) mass is 270 g/mol. The predicted octanol–water partition coefficient (Wildman–Crippen LogP) is 0.906. The quantitative estimate of drug-likeness (QED) is 0.695. The van der Waals surface area contributed by atoms with Crippen LogP contribution in [0.25, 0.3) is 16.9 Å². The summed E-state index contributed by atoms with van der Waals surface area (Å²) in [4.78, 5) is 29.1. The fourth-order valence-corrected chi connectivity index (χ4v) is 2.34. The second-order valence-corrected chi connectivity index (χ2v) is 4.53. The van der Waals surface area contributed by atoms with Crippen LogP contribution in [0.3, 0.4) is 0 Å². The van der Waals surface area contributed by atoms with E-state index in [1.807, 2.05) is 30.3 Å². The van der Waals surface area contributed by atoms with Crippen LogP contribution in [0.1, 0.15) is 6.92 Å². The first kappa shape index (κ1) is 12.4. The Balaban J connectivity index is 2.55. The Bertz CT molecular complexity index is 887. The molecule has 0 unspecified atom stereocenters. The van der Waals surface area contributed by atoms with Crippen LogP contribution in [-0.4, -0.2) is 18.7 Å². The Morgan fingerprint density at radius 3 is 2.50 bits per heavy atom. The molecule has 3 aromatic rings. The van der Waals surface area contributed by atoms with Crippen LogP contribution in [0.5, 0.6) is 0 Å². The number of hydrogen-bond donors (Lipinski definition) is 0. The van der Waals surface area contributed by atoms with Crippen LogP contribution in [0.4, 0.5) is 0 Å². The van der Waals surface area contributed by atoms with Crippen molar-refractivity contribution in [3.8, 4) is 5.69 Å². The van der Waals surface area contributed by atoms with E-state index in [2.05, 4.69) is 4.98 Å². The number of para-hydroxylation sites is 1. The van der Waals surface area contributed by atoms with E-state index in [4.69, 9.17) is 0 Å². The molecule has 0 aliphatic carbocycles. The first-order valence-corrected chi connectivity index (χ1v) is 6.37. The molecule has 0 spiro atoms. The van der Waals surface area contributed by atoms with Crippen molar-refractivity contribution in [3.05, 3.63) is 57.5 Å². The molecule has 0 fully saturated rings. The van der Waals surface area contributed by atoms with Crippen molar-refractivity contribution in [1.82, 2.24) is 18.7 Å². The van der Waals surface area contributed by atoms with Gasteiger partial charge in [0.05, 0.1) is 12.0 Å². The van der Waals surface area contributed by atoms with Gasteiger partial charge in [-0.3, -0.25) is 9.36 Å². The molecular weight excluding hydrogens is 256 g/mol. The molecule has 0 N–H and O–H groups in total. The molecule has 102 valence electrons. The summed E-state index contributed by atoms with van der Waals surface area (Å²) in [5.74, 6) is 0. The maximum atomic E-state index is 12.5. The summed E-state index contributed by atoms with van der Waals surface area (Å²) in [5.41, 5.74) is 0.840. The molecule has 6 heteroatoms. The summed E-state index contributed by atoms with van der Waals surface area (Å²) in [6, 6.07) is 9.20. The Hall–Kier alpha value is -2.63. The molecule has 0 amide bonds. The predicted molar refractivity (Wildman–Crippen MR) is 76.2 cm³/mol. The second-order valence-electron chi connectivity index (χ2n) is 4.53. The molecule has 0 aliphatic heterocycles. The smallest absolute Gasteiger partial charge is 0.328 e. The lowest BCUT2D eigenvalue weighted by atomic mass is 10.3. The van der Waals surface area contributed by atoms with Crippen LogP contribution in [0.2, 0.25) is 0 Å². The van der Waals surface area contributed by atoms with Gasteiger partial charge in [0.2, 0.25) is 0 Å². The zero-order valence-corrected chi connectivity index (χ0v) is 11.3. The van der Waals surface area contributed by atoms with E-state index >= 15 is 0 Å². The summed E-state index contributed by atoms with van der Waals surface area (Å²) in [5, 5.41) is 0.